The molecule has 0 aliphatic carbocycles. The average Bonchev–Trinajstić information content (AvgIpc) is 2.76. The average molecular weight is 346 g/mol. The van der Waals surface area contributed by atoms with Gasteiger partial charge in [0.2, 0.25) is 0 Å². The summed E-state index contributed by atoms with van der Waals surface area (Å²) in [5, 5.41) is 11.4. The van der Waals surface area contributed by atoms with Crippen LogP contribution in [0.25, 0.3) is 0 Å². The van der Waals surface area contributed by atoms with Gasteiger partial charge < -0.3 is 14.7 Å². The monoisotopic (exact) mass is 345 g/mol. The molecule has 5 nitrogen and oxygen atoms in total. The van der Waals surface area contributed by atoms with Crippen LogP contribution in [0.2, 0.25) is 5.02 Å². The van der Waals surface area contributed by atoms with Crippen molar-refractivity contribution in [3.63, 3.8) is 0 Å². The first-order valence-electron chi connectivity index (χ1n) is 7.35. The largest absolute Gasteiger partial charge is 0.496 e. The number of hydrogen-bond donors (Lipinski definition) is 1. The third-order valence-electron chi connectivity index (χ3n) is 4.25. The topological polar surface area (TPSA) is 66.8 Å². The van der Waals surface area contributed by atoms with E-state index in [1.165, 1.54) is 18.1 Å². The molecule has 0 bridgehead atoms. The van der Waals surface area contributed by atoms with Gasteiger partial charge in [-0.2, -0.15) is 0 Å². The van der Waals surface area contributed by atoms with Crippen LogP contribution in [0.3, 0.4) is 0 Å². The van der Waals surface area contributed by atoms with E-state index < -0.39 is 11.5 Å². The van der Waals surface area contributed by atoms with E-state index >= 15 is 0 Å². The number of benzene rings is 2. The Kier molecular flexibility index (Phi) is 4.07. The number of hydrogen-bond acceptors (Lipinski definition) is 4. The van der Waals surface area contributed by atoms with E-state index in [1.807, 2.05) is 0 Å². The summed E-state index contributed by atoms with van der Waals surface area (Å²) in [6.45, 7) is 0. The van der Waals surface area contributed by atoms with Gasteiger partial charge in [-0.25, -0.2) is 0 Å². The van der Waals surface area contributed by atoms with Gasteiger partial charge in [-0.15, -0.1) is 0 Å². The predicted molar refractivity (Wildman–Crippen MR) is 90.7 cm³/mol. The number of para-hydroxylation sites is 1. The number of carbonyl (C=O) groups excluding carboxylic acids is 2. The number of fused-ring (bicyclic) bond motifs is 1. The Hall–Kier alpha value is -2.37. The minimum atomic E-state index is -1.94. The normalized spacial score (nSPS) is 19.3. The minimum absolute atomic E-state index is 0.319. The van der Waals surface area contributed by atoms with E-state index in [0.717, 1.165) is 0 Å². The second kappa shape index (κ2) is 5.92. The number of rotatable bonds is 4. The molecule has 124 valence electrons. The van der Waals surface area contributed by atoms with E-state index in [2.05, 4.69) is 0 Å². The van der Waals surface area contributed by atoms with Crippen LogP contribution in [0, 0.1) is 0 Å². The number of aliphatic hydroxyl groups is 1. The highest BCUT2D eigenvalue weighted by molar-refractivity contribution is 6.31. The molecule has 1 atom stereocenters. The van der Waals surface area contributed by atoms with Crippen molar-refractivity contribution in [2.45, 2.75) is 12.0 Å². The van der Waals surface area contributed by atoms with Gasteiger partial charge in [-0.3, -0.25) is 9.59 Å². The van der Waals surface area contributed by atoms with Gasteiger partial charge in [0, 0.05) is 17.6 Å². The number of halogens is 1. The number of ether oxygens (including phenoxy) is 1. The fourth-order valence-corrected chi connectivity index (χ4v) is 3.18. The van der Waals surface area contributed by atoms with Crippen molar-refractivity contribution in [2.24, 2.45) is 0 Å². The van der Waals surface area contributed by atoms with Crippen molar-refractivity contribution in [1.82, 2.24) is 0 Å². The van der Waals surface area contributed by atoms with Gasteiger partial charge in [0.1, 0.15) is 5.75 Å². The Morgan fingerprint density at radius 3 is 2.71 bits per heavy atom. The summed E-state index contributed by atoms with van der Waals surface area (Å²) in [6, 6.07) is 11.5. The van der Waals surface area contributed by atoms with Gasteiger partial charge in [0.25, 0.3) is 5.91 Å². The number of Topliss-reactive ketones (excluding diaryl/α,β-unsaturated/α-hetero) is 1. The second-order valence-electron chi connectivity index (χ2n) is 5.69. The first-order valence-corrected chi connectivity index (χ1v) is 7.73. The van der Waals surface area contributed by atoms with Crippen LogP contribution in [0.5, 0.6) is 5.75 Å². The summed E-state index contributed by atoms with van der Waals surface area (Å²) in [4.78, 5) is 26.6. The summed E-state index contributed by atoms with van der Waals surface area (Å²) < 4.78 is 5.18. The van der Waals surface area contributed by atoms with Gasteiger partial charge in [-0.05, 0) is 30.3 Å². The lowest BCUT2D eigenvalue weighted by molar-refractivity contribution is -0.135. The molecule has 1 N–H and O–H groups in total. The Morgan fingerprint density at radius 2 is 2.00 bits per heavy atom. The molecule has 2 aromatic rings. The molecule has 0 radical (unpaired) electrons. The molecule has 0 aromatic heterocycles. The van der Waals surface area contributed by atoms with Gasteiger partial charge >= 0.3 is 0 Å². The highest BCUT2D eigenvalue weighted by Gasteiger charge is 2.50. The first kappa shape index (κ1) is 16.5. The maximum atomic E-state index is 12.7. The summed E-state index contributed by atoms with van der Waals surface area (Å²) in [5.74, 6) is -0.538. The lowest BCUT2D eigenvalue weighted by Gasteiger charge is -2.21. The minimum Gasteiger partial charge on any atom is -0.496 e. The molecule has 0 fully saturated rings. The zero-order valence-corrected chi connectivity index (χ0v) is 14.0. The fourth-order valence-electron chi connectivity index (χ4n) is 3.01. The number of likely N-dealkylation sites (N-methyl/N-ethyl adjacent to an activating group) is 1. The summed E-state index contributed by atoms with van der Waals surface area (Å²) in [5.41, 5.74) is -0.739. The van der Waals surface area contributed by atoms with Crippen molar-refractivity contribution < 1.29 is 19.4 Å². The van der Waals surface area contributed by atoms with Crippen molar-refractivity contribution in [3.8, 4) is 5.75 Å². The molecular formula is C18H16ClNO4. The summed E-state index contributed by atoms with van der Waals surface area (Å²) in [6.07, 6.45) is -0.385. The zero-order chi connectivity index (χ0) is 17.5. The lowest BCUT2D eigenvalue weighted by atomic mass is 9.88. The van der Waals surface area contributed by atoms with Crippen molar-refractivity contribution in [2.75, 3.05) is 19.1 Å². The van der Waals surface area contributed by atoms with Crippen LogP contribution in [0.15, 0.2) is 42.5 Å². The zero-order valence-electron chi connectivity index (χ0n) is 13.2. The van der Waals surface area contributed by atoms with Crippen molar-refractivity contribution >= 4 is 29.0 Å². The van der Waals surface area contributed by atoms with Crippen LogP contribution in [-0.4, -0.2) is 31.0 Å². The number of nitrogens with zero attached hydrogens (tertiary/aromatic N) is 1. The van der Waals surface area contributed by atoms with Crippen LogP contribution in [0.4, 0.5) is 5.69 Å². The summed E-state index contributed by atoms with van der Waals surface area (Å²) in [7, 11) is 3.02. The third kappa shape index (κ3) is 2.46. The fraction of sp³-hybridized carbons (Fsp3) is 0.222. The molecule has 3 rings (SSSR count). The molecule has 1 amide bonds. The molecule has 2 aromatic carbocycles. The predicted octanol–water partition coefficient (Wildman–Crippen LogP) is 2.79. The lowest BCUT2D eigenvalue weighted by Crippen LogP contribution is -2.40. The first-order chi connectivity index (χ1) is 11.4. The molecule has 0 saturated carbocycles. The van der Waals surface area contributed by atoms with E-state index in [9.17, 15) is 14.7 Å². The molecule has 1 heterocycles. The van der Waals surface area contributed by atoms with Gasteiger partial charge in [0.05, 0.1) is 24.8 Å². The molecule has 0 spiro atoms. The second-order valence-corrected chi connectivity index (χ2v) is 6.12. The number of anilines is 1. The van der Waals surface area contributed by atoms with Crippen LogP contribution in [0.1, 0.15) is 22.3 Å². The van der Waals surface area contributed by atoms with Crippen molar-refractivity contribution in [1.29, 1.82) is 0 Å². The number of carbonyl (C=O) groups is 2. The standard InChI is InChI=1S/C18H16ClNO4/c1-20-14-8-7-11(19)9-13(14)18(23,17(20)22)10-15(21)12-5-3-4-6-16(12)24-2/h3-9,23H,10H2,1-2H3/t18-/m0/s1. The van der Waals surface area contributed by atoms with E-state index in [4.69, 9.17) is 16.3 Å². The van der Waals surface area contributed by atoms with E-state index in [0.29, 0.717) is 27.6 Å². The number of amides is 1. The number of ketones is 1. The summed E-state index contributed by atoms with van der Waals surface area (Å²) >= 11 is 6.00. The maximum Gasteiger partial charge on any atom is 0.263 e. The van der Waals surface area contributed by atoms with Gasteiger partial charge in [0.15, 0.2) is 11.4 Å². The smallest absolute Gasteiger partial charge is 0.263 e. The number of methoxy groups -OCH3 is 1. The van der Waals surface area contributed by atoms with Crippen LogP contribution < -0.4 is 9.64 Å². The van der Waals surface area contributed by atoms with Crippen molar-refractivity contribution in [3.05, 3.63) is 58.6 Å². The molecule has 1 aliphatic rings. The maximum absolute atomic E-state index is 12.7. The third-order valence-corrected chi connectivity index (χ3v) is 4.48. The van der Waals surface area contributed by atoms with Gasteiger partial charge in [-0.1, -0.05) is 23.7 Å². The Bertz CT molecular complexity index is 836. The quantitative estimate of drug-likeness (QED) is 0.865. The van der Waals surface area contributed by atoms with Crippen LogP contribution >= 0.6 is 11.6 Å². The molecule has 0 saturated heterocycles. The molecule has 24 heavy (non-hydrogen) atoms. The van der Waals surface area contributed by atoms with E-state index in [-0.39, 0.29) is 12.2 Å². The Morgan fingerprint density at radius 1 is 1.29 bits per heavy atom. The Balaban J connectivity index is 2.02. The molecular weight excluding hydrogens is 330 g/mol. The Labute approximate surface area is 144 Å². The van der Waals surface area contributed by atoms with Crippen LogP contribution in [-0.2, 0) is 10.4 Å². The molecule has 0 unspecified atom stereocenters. The molecule has 6 heteroatoms. The highest BCUT2D eigenvalue weighted by atomic mass is 35.5. The van der Waals surface area contributed by atoms with E-state index in [1.54, 1.807) is 43.4 Å². The highest BCUT2D eigenvalue weighted by Crippen LogP contribution is 2.43. The molecule has 1 aliphatic heterocycles. The SMILES string of the molecule is COc1ccccc1C(=O)C[C@@]1(O)C(=O)N(C)c2ccc(Cl)cc21.